The van der Waals surface area contributed by atoms with E-state index < -0.39 is 0 Å². The number of halogens is 3. The monoisotopic (exact) mass is 658 g/mol. The highest BCUT2D eigenvalue weighted by Crippen LogP contribution is 2.39. The molecule has 1 atom stereocenters. The van der Waals surface area contributed by atoms with Gasteiger partial charge in [0.25, 0.3) is 0 Å². The molecule has 0 unspecified atom stereocenters. The Morgan fingerprint density at radius 3 is 2.44 bits per heavy atom. The van der Waals surface area contributed by atoms with Crippen LogP contribution in [0.4, 0.5) is 17.1 Å². The van der Waals surface area contributed by atoms with Crippen LogP contribution < -0.4 is 10.6 Å². The number of pyridine rings is 1. The fourth-order valence-corrected chi connectivity index (χ4v) is 6.46. The van der Waals surface area contributed by atoms with Crippen LogP contribution in [0.2, 0.25) is 15.1 Å². The minimum absolute atomic E-state index is 0.154. The fourth-order valence-electron chi connectivity index (χ4n) is 5.84. The summed E-state index contributed by atoms with van der Waals surface area (Å²) >= 11 is 19.6. The molecule has 230 valence electrons. The average molecular weight is 660 g/mol. The third-order valence-electron chi connectivity index (χ3n) is 8.31. The molecular formula is C34H33Cl3N8. The number of anilines is 3. The second-order valence-corrected chi connectivity index (χ2v) is 13.4. The summed E-state index contributed by atoms with van der Waals surface area (Å²) in [7, 11) is 0. The van der Waals surface area contributed by atoms with E-state index in [-0.39, 0.29) is 11.6 Å². The van der Waals surface area contributed by atoms with Crippen molar-refractivity contribution in [1.29, 1.82) is 5.26 Å². The maximum absolute atomic E-state index is 9.97. The highest BCUT2D eigenvalue weighted by Gasteiger charge is 2.29. The Labute approximate surface area is 277 Å². The lowest BCUT2D eigenvalue weighted by atomic mass is 9.98. The minimum atomic E-state index is -0.311. The van der Waals surface area contributed by atoms with Gasteiger partial charge >= 0.3 is 0 Å². The molecule has 2 N–H and O–H groups in total. The van der Waals surface area contributed by atoms with Gasteiger partial charge in [-0.3, -0.25) is 9.88 Å². The fraction of sp³-hybridized carbons (Fsp3) is 0.294. The van der Waals surface area contributed by atoms with Crippen LogP contribution in [0, 0.1) is 11.3 Å². The van der Waals surface area contributed by atoms with Gasteiger partial charge in [-0.15, -0.1) is 5.10 Å². The summed E-state index contributed by atoms with van der Waals surface area (Å²) < 4.78 is 2.01. The van der Waals surface area contributed by atoms with Crippen molar-refractivity contribution in [2.75, 3.05) is 23.7 Å². The van der Waals surface area contributed by atoms with Crippen molar-refractivity contribution < 1.29 is 0 Å². The second-order valence-electron chi connectivity index (χ2n) is 12.2. The molecule has 0 amide bonds. The number of fused-ring (bicyclic) bond motifs is 1. The second kappa shape index (κ2) is 12.9. The van der Waals surface area contributed by atoms with Crippen molar-refractivity contribution in [3.8, 4) is 6.07 Å². The lowest BCUT2D eigenvalue weighted by Gasteiger charge is -2.40. The van der Waals surface area contributed by atoms with Crippen LogP contribution in [-0.2, 0) is 0 Å². The third kappa shape index (κ3) is 6.58. The molecule has 0 spiro atoms. The quantitative estimate of drug-likeness (QED) is 0.180. The molecule has 45 heavy (non-hydrogen) atoms. The first-order chi connectivity index (χ1) is 21.6. The zero-order valence-electron chi connectivity index (χ0n) is 25.2. The van der Waals surface area contributed by atoms with Gasteiger partial charge in [0.2, 0.25) is 0 Å². The van der Waals surface area contributed by atoms with Crippen LogP contribution >= 0.6 is 34.8 Å². The van der Waals surface area contributed by atoms with Gasteiger partial charge in [0.05, 0.1) is 55.8 Å². The normalized spacial score (nSPS) is 15.1. The van der Waals surface area contributed by atoms with E-state index in [1.54, 1.807) is 18.2 Å². The molecule has 0 aliphatic carbocycles. The average Bonchev–Trinajstić information content (AvgIpc) is 3.52. The topological polar surface area (TPSA) is 94.7 Å². The summed E-state index contributed by atoms with van der Waals surface area (Å²) in [5.41, 5.74) is 4.68. The van der Waals surface area contributed by atoms with Crippen LogP contribution in [0.5, 0.6) is 0 Å². The number of benzene rings is 3. The molecule has 1 saturated heterocycles. The van der Waals surface area contributed by atoms with E-state index in [9.17, 15) is 5.26 Å². The molecule has 3 aromatic carbocycles. The van der Waals surface area contributed by atoms with E-state index in [2.05, 4.69) is 69.8 Å². The minimum Gasteiger partial charge on any atom is -0.373 e. The van der Waals surface area contributed by atoms with Gasteiger partial charge < -0.3 is 10.6 Å². The smallest absolute Gasteiger partial charge is 0.109 e. The van der Waals surface area contributed by atoms with Gasteiger partial charge in [0, 0.05) is 35.9 Å². The first-order valence-corrected chi connectivity index (χ1v) is 16.0. The van der Waals surface area contributed by atoms with Gasteiger partial charge in [-0.05, 0) is 63.4 Å². The summed E-state index contributed by atoms with van der Waals surface area (Å²) in [5, 5.41) is 28.0. The molecular weight excluding hydrogens is 627 g/mol. The summed E-state index contributed by atoms with van der Waals surface area (Å²) in [6.45, 7) is 8.83. The molecule has 1 aliphatic heterocycles. The van der Waals surface area contributed by atoms with Gasteiger partial charge in [-0.2, -0.15) is 5.26 Å². The molecule has 5 aromatic rings. The Hall–Kier alpha value is -3.87. The van der Waals surface area contributed by atoms with Crippen molar-refractivity contribution in [2.24, 2.45) is 0 Å². The number of nitrogens with one attached hydrogen (secondary N) is 2. The van der Waals surface area contributed by atoms with Gasteiger partial charge in [0.1, 0.15) is 11.8 Å². The van der Waals surface area contributed by atoms with Crippen LogP contribution in [0.25, 0.3) is 10.9 Å². The van der Waals surface area contributed by atoms with Crippen LogP contribution in [-0.4, -0.2) is 43.5 Å². The predicted molar refractivity (Wildman–Crippen MR) is 183 cm³/mol. The van der Waals surface area contributed by atoms with Crippen molar-refractivity contribution in [3.05, 3.63) is 105 Å². The molecule has 8 nitrogen and oxygen atoms in total. The molecule has 6 rings (SSSR count). The maximum Gasteiger partial charge on any atom is 0.109 e. The summed E-state index contributed by atoms with van der Waals surface area (Å²) in [5.74, 6) is 0. The molecule has 0 bridgehead atoms. The number of aromatic nitrogens is 4. The number of nitriles is 1. The van der Waals surface area contributed by atoms with E-state index >= 15 is 0 Å². The molecule has 1 aliphatic rings. The molecule has 1 fully saturated rings. The van der Waals surface area contributed by atoms with Crippen molar-refractivity contribution in [1.82, 2.24) is 24.9 Å². The number of piperidine rings is 1. The lowest BCUT2D eigenvalue weighted by molar-refractivity contribution is 0.0866. The third-order valence-corrected chi connectivity index (χ3v) is 9.42. The van der Waals surface area contributed by atoms with Crippen LogP contribution in [0.3, 0.4) is 0 Å². The number of likely N-dealkylation sites (tertiary alicyclic amines) is 1. The molecule has 11 heteroatoms. The summed E-state index contributed by atoms with van der Waals surface area (Å²) in [6.07, 6.45) is 5.59. The van der Waals surface area contributed by atoms with E-state index in [0.29, 0.717) is 49.0 Å². The molecule has 0 saturated carbocycles. The highest BCUT2D eigenvalue weighted by molar-refractivity contribution is 6.43. The van der Waals surface area contributed by atoms with E-state index in [1.807, 2.05) is 41.2 Å². The molecule has 0 radical (unpaired) electrons. The van der Waals surface area contributed by atoms with Gasteiger partial charge in [-0.25, -0.2) is 4.68 Å². The SMILES string of the molecule is CC(C)(C)N1CCC(n2cc([C@@H](Nc3cc(Cl)c4ncc(C#N)c(Nc5cccc(Cl)c5Cl)c4c3)c3ccccc3)nn2)CC1. The number of hydrogen-bond acceptors (Lipinski definition) is 7. The van der Waals surface area contributed by atoms with Crippen molar-refractivity contribution in [3.63, 3.8) is 0 Å². The number of nitrogens with zero attached hydrogens (tertiary/aromatic N) is 6. The first kappa shape index (κ1) is 31.1. The largest absolute Gasteiger partial charge is 0.373 e. The standard InChI is InChI=1S/C34H33Cl3N8/c1-34(2,3)44-14-12-24(13-15-44)45-20-29(42-43-45)32(21-8-5-4-6-9-21)40-23-16-25-31(41-28-11-7-10-26(35)30(28)37)22(18-38)19-39-33(25)27(36)17-23/h4-11,16-17,19-20,24,32,40H,12-15H2,1-3H3,(H,39,41)/t32-/m0/s1. The Balaban J connectivity index is 1.36. The maximum atomic E-state index is 9.97. The van der Waals surface area contributed by atoms with E-state index in [1.165, 1.54) is 6.20 Å². The van der Waals surface area contributed by atoms with Crippen LogP contribution in [0.15, 0.2) is 73.1 Å². The zero-order valence-corrected chi connectivity index (χ0v) is 27.5. The van der Waals surface area contributed by atoms with Gasteiger partial charge in [-0.1, -0.05) is 76.4 Å². The van der Waals surface area contributed by atoms with E-state index in [4.69, 9.17) is 34.8 Å². The predicted octanol–water partition coefficient (Wildman–Crippen LogP) is 9.04. The lowest BCUT2D eigenvalue weighted by Crippen LogP contribution is -2.46. The van der Waals surface area contributed by atoms with E-state index in [0.717, 1.165) is 42.9 Å². The Morgan fingerprint density at radius 1 is 0.978 bits per heavy atom. The number of rotatable bonds is 7. The van der Waals surface area contributed by atoms with Crippen molar-refractivity contribution in [2.45, 2.75) is 51.2 Å². The first-order valence-electron chi connectivity index (χ1n) is 14.8. The van der Waals surface area contributed by atoms with Gasteiger partial charge in [0.15, 0.2) is 0 Å². The Kier molecular flexibility index (Phi) is 8.89. The Morgan fingerprint density at radius 2 is 1.73 bits per heavy atom. The molecule has 2 aromatic heterocycles. The van der Waals surface area contributed by atoms with Crippen LogP contribution in [0.1, 0.15) is 62.5 Å². The zero-order chi connectivity index (χ0) is 31.7. The van der Waals surface area contributed by atoms with Crippen molar-refractivity contribution >= 4 is 62.8 Å². The highest BCUT2D eigenvalue weighted by atomic mass is 35.5. The summed E-state index contributed by atoms with van der Waals surface area (Å²) in [4.78, 5) is 7.02. The molecule has 3 heterocycles. The Bertz CT molecular complexity index is 1870. The summed E-state index contributed by atoms with van der Waals surface area (Å²) in [6, 6.07) is 21.4. The number of hydrogen-bond donors (Lipinski definition) is 2.